The predicted molar refractivity (Wildman–Crippen MR) is 72.4 cm³/mol. The van der Waals surface area contributed by atoms with Crippen LogP contribution >= 0.6 is 0 Å². The molecule has 104 valence electrons. The van der Waals surface area contributed by atoms with Gasteiger partial charge in [0.15, 0.2) is 0 Å². The average Bonchev–Trinajstić information content (AvgIpc) is 2.83. The minimum absolute atomic E-state index is 0.00862. The van der Waals surface area contributed by atoms with Crippen molar-refractivity contribution in [2.24, 2.45) is 0 Å². The van der Waals surface area contributed by atoms with Crippen LogP contribution in [-0.4, -0.2) is 36.9 Å². The summed E-state index contributed by atoms with van der Waals surface area (Å²) in [6.07, 6.45) is 1.68. The molecular formula is C15H21NO3. The van der Waals surface area contributed by atoms with E-state index in [1.807, 2.05) is 25.1 Å². The lowest BCUT2D eigenvalue weighted by Gasteiger charge is -2.28. The Hall–Kier alpha value is -1.39. The van der Waals surface area contributed by atoms with Crippen molar-refractivity contribution in [3.8, 4) is 0 Å². The van der Waals surface area contributed by atoms with Gasteiger partial charge in [-0.05, 0) is 25.3 Å². The highest BCUT2D eigenvalue weighted by molar-refractivity contribution is 5.76. The smallest absolute Gasteiger partial charge is 0.323 e. The SMILES string of the molecule is CCOC1CCC(C(=O)OC)N1Cc1ccccc1. The summed E-state index contributed by atoms with van der Waals surface area (Å²) < 4.78 is 10.6. The largest absolute Gasteiger partial charge is 0.468 e. The van der Waals surface area contributed by atoms with Crippen LogP contribution in [-0.2, 0) is 20.8 Å². The van der Waals surface area contributed by atoms with E-state index in [9.17, 15) is 4.79 Å². The third kappa shape index (κ3) is 3.33. The quantitative estimate of drug-likeness (QED) is 0.763. The summed E-state index contributed by atoms with van der Waals surface area (Å²) in [5, 5.41) is 0. The van der Waals surface area contributed by atoms with Crippen LogP contribution in [0.15, 0.2) is 30.3 Å². The van der Waals surface area contributed by atoms with Gasteiger partial charge in [-0.2, -0.15) is 0 Å². The van der Waals surface area contributed by atoms with Gasteiger partial charge in [-0.3, -0.25) is 9.69 Å². The van der Waals surface area contributed by atoms with Gasteiger partial charge in [0.2, 0.25) is 0 Å². The third-order valence-electron chi connectivity index (χ3n) is 3.50. The van der Waals surface area contributed by atoms with E-state index in [1.165, 1.54) is 12.7 Å². The number of methoxy groups -OCH3 is 1. The molecule has 1 aliphatic heterocycles. The summed E-state index contributed by atoms with van der Waals surface area (Å²) in [5.41, 5.74) is 1.18. The minimum atomic E-state index is -0.193. The van der Waals surface area contributed by atoms with Crippen molar-refractivity contribution in [2.75, 3.05) is 13.7 Å². The summed E-state index contributed by atoms with van der Waals surface area (Å²) in [5.74, 6) is -0.168. The molecule has 0 spiro atoms. The Labute approximate surface area is 114 Å². The molecule has 0 amide bonds. The van der Waals surface area contributed by atoms with Crippen molar-refractivity contribution < 1.29 is 14.3 Å². The molecule has 0 aliphatic carbocycles. The summed E-state index contributed by atoms with van der Waals surface area (Å²) in [6, 6.07) is 9.95. The second-order valence-electron chi connectivity index (χ2n) is 4.68. The van der Waals surface area contributed by atoms with Crippen molar-refractivity contribution in [3.63, 3.8) is 0 Å². The molecule has 1 saturated heterocycles. The zero-order valence-electron chi connectivity index (χ0n) is 11.5. The van der Waals surface area contributed by atoms with Gasteiger partial charge in [0.1, 0.15) is 12.3 Å². The number of esters is 1. The number of hydrogen-bond donors (Lipinski definition) is 0. The Balaban J connectivity index is 2.12. The number of carbonyl (C=O) groups is 1. The molecular weight excluding hydrogens is 242 g/mol. The molecule has 1 aliphatic rings. The molecule has 1 aromatic rings. The second kappa shape index (κ2) is 6.68. The van der Waals surface area contributed by atoms with Gasteiger partial charge in [-0.1, -0.05) is 30.3 Å². The van der Waals surface area contributed by atoms with Gasteiger partial charge < -0.3 is 9.47 Å². The molecule has 2 atom stereocenters. The highest BCUT2D eigenvalue weighted by Crippen LogP contribution is 2.27. The summed E-state index contributed by atoms with van der Waals surface area (Å²) in [4.78, 5) is 13.9. The van der Waals surface area contributed by atoms with E-state index < -0.39 is 0 Å². The van der Waals surface area contributed by atoms with E-state index in [2.05, 4.69) is 17.0 Å². The van der Waals surface area contributed by atoms with Crippen molar-refractivity contribution in [1.82, 2.24) is 4.90 Å². The lowest BCUT2D eigenvalue weighted by atomic mass is 10.2. The normalized spacial score (nSPS) is 23.5. The molecule has 4 nitrogen and oxygen atoms in total. The van der Waals surface area contributed by atoms with Crippen molar-refractivity contribution >= 4 is 5.97 Å². The van der Waals surface area contributed by atoms with E-state index in [-0.39, 0.29) is 18.2 Å². The van der Waals surface area contributed by atoms with Crippen molar-refractivity contribution in [2.45, 2.75) is 38.6 Å². The Morgan fingerprint density at radius 2 is 2.05 bits per heavy atom. The standard InChI is InChI=1S/C15H21NO3/c1-3-19-14-10-9-13(15(17)18-2)16(14)11-12-7-5-4-6-8-12/h4-8,13-14H,3,9-11H2,1-2H3. The summed E-state index contributed by atoms with van der Waals surface area (Å²) in [7, 11) is 1.44. The van der Waals surface area contributed by atoms with Crippen LogP contribution in [0.1, 0.15) is 25.3 Å². The first-order valence-corrected chi connectivity index (χ1v) is 6.75. The molecule has 19 heavy (non-hydrogen) atoms. The van der Waals surface area contributed by atoms with E-state index in [0.717, 1.165) is 12.8 Å². The van der Waals surface area contributed by atoms with Crippen LogP contribution in [0, 0.1) is 0 Å². The van der Waals surface area contributed by atoms with Gasteiger partial charge in [0.25, 0.3) is 0 Å². The van der Waals surface area contributed by atoms with Crippen LogP contribution in [0.4, 0.5) is 0 Å². The van der Waals surface area contributed by atoms with Gasteiger partial charge in [-0.25, -0.2) is 0 Å². The number of ether oxygens (including phenoxy) is 2. The van der Waals surface area contributed by atoms with Gasteiger partial charge in [-0.15, -0.1) is 0 Å². The lowest BCUT2D eigenvalue weighted by molar-refractivity contribution is -0.150. The van der Waals surface area contributed by atoms with Gasteiger partial charge in [0.05, 0.1) is 7.11 Å². The highest BCUT2D eigenvalue weighted by atomic mass is 16.5. The molecule has 2 unspecified atom stereocenters. The fourth-order valence-corrected chi connectivity index (χ4v) is 2.60. The lowest BCUT2D eigenvalue weighted by Crippen LogP contribution is -2.41. The first kappa shape index (κ1) is 14.0. The summed E-state index contributed by atoms with van der Waals surface area (Å²) >= 11 is 0. The number of nitrogens with zero attached hydrogens (tertiary/aromatic N) is 1. The Kier molecular flexibility index (Phi) is 4.93. The molecule has 1 fully saturated rings. The molecule has 0 bridgehead atoms. The minimum Gasteiger partial charge on any atom is -0.468 e. The van der Waals surface area contributed by atoms with E-state index in [1.54, 1.807) is 0 Å². The summed E-state index contributed by atoms with van der Waals surface area (Å²) in [6.45, 7) is 3.35. The molecule has 2 rings (SSSR count). The Bertz CT molecular complexity index is 407. The number of likely N-dealkylation sites (tertiary alicyclic amines) is 1. The first-order valence-electron chi connectivity index (χ1n) is 6.75. The number of hydrogen-bond acceptors (Lipinski definition) is 4. The van der Waals surface area contributed by atoms with E-state index in [4.69, 9.17) is 9.47 Å². The second-order valence-corrected chi connectivity index (χ2v) is 4.68. The maximum absolute atomic E-state index is 11.8. The van der Waals surface area contributed by atoms with Crippen LogP contribution in [0.2, 0.25) is 0 Å². The van der Waals surface area contributed by atoms with E-state index >= 15 is 0 Å². The number of rotatable bonds is 5. The van der Waals surface area contributed by atoms with Crippen molar-refractivity contribution in [1.29, 1.82) is 0 Å². The first-order chi connectivity index (χ1) is 9.26. The maximum Gasteiger partial charge on any atom is 0.323 e. The molecule has 4 heteroatoms. The van der Waals surface area contributed by atoms with Gasteiger partial charge in [0, 0.05) is 13.2 Å². The Morgan fingerprint density at radius 3 is 2.68 bits per heavy atom. The zero-order chi connectivity index (χ0) is 13.7. The number of carbonyl (C=O) groups excluding carboxylic acids is 1. The van der Waals surface area contributed by atoms with Gasteiger partial charge >= 0.3 is 5.97 Å². The maximum atomic E-state index is 11.8. The monoisotopic (exact) mass is 263 g/mol. The Morgan fingerprint density at radius 1 is 1.32 bits per heavy atom. The van der Waals surface area contributed by atoms with Crippen LogP contribution in [0.3, 0.4) is 0 Å². The molecule has 0 aromatic heterocycles. The van der Waals surface area contributed by atoms with Crippen LogP contribution < -0.4 is 0 Å². The number of benzene rings is 1. The zero-order valence-corrected chi connectivity index (χ0v) is 11.5. The van der Waals surface area contributed by atoms with E-state index in [0.29, 0.717) is 13.2 Å². The molecule has 1 heterocycles. The molecule has 0 radical (unpaired) electrons. The molecule has 0 N–H and O–H groups in total. The highest BCUT2D eigenvalue weighted by Gasteiger charge is 2.38. The fraction of sp³-hybridized carbons (Fsp3) is 0.533. The molecule has 0 saturated carbocycles. The van der Waals surface area contributed by atoms with Crippen LogP contribution in [0.25, 0.3) is 0 Å². The van der Waals surface area contributed by atoms with Crippen molar-refractivity contribution in [3.05, 3.63) is 35.9 Å². The third-order valence-corrected chi connectivity index (χ3v) is 3.50. The van der Waals surface area contributed by atoms with Crippen LogP contribution in [0.5, 0.6) is 0 Å². The predicted octanol–water partition coefficient (Wildman–Crippen LogP) is 2.19. The average molecular weight is 263 g/mol. The topological polar surface area (TPSA) is 38.8 Å². The molecule has 1 aromatic carbocycles. The fourth-order valence-electron chi connectivity index (χ4n) is 2.60.